The van der Waals surface area contributed by atoms with Gasteiger partial charge in [0.1, 0.15) is 5.82 Å². The number of nitrogens with two attached hydrogens (primary N) is 1. The number of hydrogen-bond donors (Lipinski definition) is 2. The third-order valence-corrected chi connectivity index (χ3v) is 2.70. The topological polar surface area (TPSA) is 60.2 Å². The van der Waals surface area contributed by atoms with E-state index in [2.05, 4.69) is 10.4 Å². The third kappa shape index (κ3) is 2.31. The van der Waals surface area contributed by atoms with Gasteiger partial charge in [-0.15, -0.1) is 0 Å². The molecule has 2 heterocycles. The summed E-state index contributed by atoms with van der Waals surface area (Å²) in [6.07, 6.45) is 3.75. The second kappa shape index (κ2) is 4.65. The fourth-order valence-electron chi connectivity index (χ4n) is 1.92. The number of rotatable bonds is 3. The zero-order valence-corrected chi connectivity index (χ0v) is 8.32. The molecule has 2 rings (SSSR count). The lowest BCUT2D eigenvalue weighted by Gasteiger charge is -2.21. The van der Waals surface area contributed by atoms with E-state index in [0.29, 0.717) is 12.5 Å². The van der Waals surface area contributed by atoms with E-state index in [1.165, 1.54) is 12.3 Å². The zero-order chi connectivity index (χ0) is 10.7. The van der Waals surface area contributed by atoms with Crippen molar-refractivity contribution in [3.8, 4) is 0 Å². The van der Waals surface area contributed by atoms with Gasteiger partial charge in [0.25, 0.3) is 0 Å². The molecule has 0 aromatic carbocycles. The number of aromatic nitrogens is 1. The number of pyridine rings is 1. The Labute approximate surface area is 87.6 Å². The molecular formula is C10H14FN3O. The smallest absolute Gasteiger partial charge is 0.141 e. The van der Waals surface area contributed by atoms with Gasteiger partial charge in [-0.05, 0) is 18.1 Å². The van der Waals surface area contributed by atoms with Crippen LogP contribution in [-0.2, 0) is 4.74 Å². The Hall–Kier alpha value is -1.04. The van der Waals surface area contributed by atoms with Crippen molar-refractivity contribution in [3.63, 3.8) is 0 Å². The van der Waals surface area contributed by atoms with Gasteiger partial charge in [0, 0.05) is 18.7 Å². The Bertz CT molecular complexity index is 328. The average Bonchev–Trinajstić information content (AvgIpc) is 2.72. The van der Waals surface area contributed by atoms with E-state index < -0.39 is 0 Å². The highest BCUT2D eigenvalue weighted by Crippen LogP contribution is 2.27. The summed E-state index contributed by atoms with van der Waals surface area (Å²) in [5.41, 5.74) is 3.47. The molecule has 0 bridgehead atoms. The molecule has 1 saturated heterocycles. The van der Waals surface area contributed by atoms with Crippen molar-refractivity contribution < 1.29 is 9.13 Å². The first kappa shape index (κ1) is 10.5. The molecule has 1 aliphatic rings. The summed E-state index contributed by atoms with van der Waals surface area (Å²) < 4.78 is 18.3. The molecule has 82 valence electrons. The standard InChI is InChI=1S/C10H14FN3O/c11-9-3-8(4-13-5-9)10(14-12)7-1-2-15-6-7/h3-5,7,10,14H,1-2,6,12H2. The van der Waals surface area contributed by atoms with Crippen LogP contribution >= 0.6 is 0 Å². The molecule has 0 amide bonds. The number of nitrogens with one attached hydrogen (secondary N) is 1. The van der Waals surface area contributed by atoms with Gasteiger partial charge in [-0.2, -0.15) is 0 Å². The normalized spacial score (nSPS) is 22.9. The van der Waals surface area contributed by atoms with Crippen molar-refractivity contribution in [3.05, 3.63) is 29.8 Å². The average molecular weight is 211 g/mol. The van der Waals surface area contributed by atoms with Crippen LogP contribution in [0.1, 0.15) is 18.0 Å². The molecule has 1 aromatic rings. The van der Waals surface area contributed by atoms with Crippen molar-refractivity contribution in [2.75, 3.05) is 13.2 Å². The van der Waals surface area contributed by atoms with Crippen LogP contribution in [-0.4, -0.2) is 18.2 Å². The predicted molar refractivity (Wildman–Crippen MR) is 53.2 cm³/mol. The lowest BCUT2D eigenvalue weighted by Crippen LogP contribution is -2.34. The van der Waals surface area contributed by atoms with Crippen molar-refractivity contribution in [2.45, 2.75) is 12.5 Å². The molecule has 0 aliphatic carbocycles. The summed E-state index contributed by atoms with van der Waals surface area (Å²) in [4.78, 5) is 3.81. The van der Waals surface area contributed by atoms with Crippen LogP contribution in [0.25, 0.3) is 0 Å². The van der Waals surface area contributed by atoms with E-state index in [0.717, 1.165) is 18.6 Å². The Kier molecular flexibility index (Phi) is 3.25. The number of hydrogen-bond acceptors (Lipinski definition) is 4. The summed E-state index contributed by atoms with van der Waals surface area (Å²) in [6.45, 7) is 1.40. The Balaban J connectivity index is 2.18. The Morgan fingerprint density at radius 3 is 3.07 bits per heavy atom. The van der Waals surface area contributed by atoms with Gasteiger partial charge in [-0.1, -0.05) is 0 Å². The molecule has 0 saturated carbocycles. The highest BCUT2D eigenvalue weighted by molar-refractivity contribution is 5.16. The van der Waals surface area contributed by atoms with Gasteiger partial charge in [0.2, 0.25) is 0 Å². The van der Waals surface area contributed by atoms with Crippen LogP contribution in [0.15, 0.2) is 18.5 Å². The van der Waals surface area contributed by atoms with Crippen molar-refractivity contribution in [1.29, 1.82) is 0 Å². The molecule has 1 fully saturated rings. The molecule has 0 radical (unpaired) electrons. The van der Waals surface area contributed by atoms with Gasteiger partial charge < -0.3 is 4.74 Å². The first-order valence-electron chi connectivity index (χ1n) is 4.95. The summed E-state index contributed by atoms with van der Waals surface area (Å²) in [5.74, 6) is 5.43. The molecule has 2 atom stereocenters. The highest BCUT2D eigenvalue weighted by Gasteiger charge is 2.26. The molecule has 2 unspecified atom stereocenters. The fourth-order valence-corrected chi connectivity index (χ4v) is 1.92. The van der Waals surface area contributed by atoms with Crippen LogP contribution in [0, 0.1) is 11.7 Å². The highest BCUT2D eigenvalue weighted by atomic mass is 19.1. The van der Waals surface area contributed by atoms with Crippen LogP contribution in [0.5, 0.6) is 0 Å². The van der Waals surface area contributed by atoms with Crippen molar-refractivity contribution in [2.24, 2.45) is 11.8 Å². The maximum Gasteiger partial charge on any atom is 0.141 e. The quantitative estimate of drug-likeness (QED) is 0.572. The minimum atomic E-state index is -0.341. The van der Waals surface area contributed by atoms with Gasteiger partial charge in [0.05, 0.1) is 18.8 Å². The van der Waals surface area contributed by atoms with Gasteiger partial charge in [-0.3, -0.25) is 16.3 Å². The van der Waals surface area contributed by atoms with Crippen LogP contribution in [0.2, 0.25) is 0 Å². The Morgan fingerprint density at radius 2 is 2.47 bits per heavy atom. The van der Waals surface area contributed by atoms with Gasteiger partial charge >= 0.3 is 0 Å². The van der Waals surface area contributed by atoms with E-state index in [4.69, 9.17) is 10.6 Å². The summed E-state index contributed by atoms with van der Waals surface area (Å²) in [5, 5.41) is 0. The molecule has 1 aliphatic heterocycles. The third-order valence-electron chi connectivity index (χ3n) is 2.70. The number of hydrazine groups is 1. The number of nitrogens with zero attached hydrogens (tertiary/aromatic N) is 1. The minimum Gasteiger partial charge on any atom is -0.381 e. The summed E-state index contributed by atoms with van der Waals surface area (Å²) in [7, 11) is 0. The molecular weight excluding hydrogens is 197 g/mol. The van der Waals surface area contributed by atoms with Crippen molar-refractivity contribution in [1.82, 2.24) is 10.4 Å². The molecule has 4 nitrogen and oxygen atoms in total. The van der Waals surface area contributed by atoms with Gasteiger partial charge in [-0.25, -0.2) is 4.39 Å². The molecule has 1 aromatic heterocycles. The van der Waals surface area contributed by atoms with Crippen LogP contribution < -0.4 is 11.3 Å². The maximum absolute atomic E-state index is 13.0. The largest absolute Gasteiger partial charge is 0.381 e. The lowest BCUT2D eigenvalue weighted by atomic mass is 9.94. The molecule has 3 N–H and O–H groups in total. The zero-order valence-electron chi connectivity index (χ0n) is 8.32. The molecule has 15 heavy (non-hydrogen) atoms. The van der Waals surface area contributed by atoms with E-state index in [1.54, 1.807) is 6.20 Å². The molecule has 0 spiro atoms. The summed E-state index contributed by atoms with van der Waals surface area (Å²) >= 11 is 0. The lowest BCUT2D eigenvalue weighted by molar-refractivity contribution is 0.176. The summed E-state index contributed by atoms with van der Waals surface area (Å²) in [6, 6.07) is 1.37. The van der Waals surface area contributed by atoms with E-state index in [1.807, 2.05) is 0 Å². The van der Waals surface area contributed by atoms with Crippen LogP contribution in [0.3, 0.4) is 0 Å². The monoisotopic (exact) mass is 211 g/mol. The number of ether oxygens (including phenoxy) is 1. The Morgan fingerprint density at radius 1 is 1.60 bits per heavy atom. The van der Waals surface area contributed by atoms with E-state index >= 15 is 0 Å². The van der Waals surface area contributed by atoms with Gasteiger partial charge in [0.15, 0.2) is 0 Å². The van der Waals surface area contributed by atoms with Crippen molar-refractivity contribution >= 4 is 0 Å². The molecule has 5 heteroatoms. The van der Waals surface area contributed by atoms with E-state index in [-0.39, 0.29) is 11.9 Å². The fraction of sp³-hybridized carbons (Fsp3) is 0.500. The minimum absolute atomic E-state index is 0.0873. The first-order chi connectivity index (χ1) is 7.31. The SMILES string of the molecule is NNC(c1cncc(F)c1)C1CCOC1. The second-order valence-electron chi connectivity index (χ2n) is 3.70. The number of halogens is 1. The van der Waals surface area contributed by atoms with Crippen LogP contribution in [0.4, 0.5) is 4.39 Å². The maximum atomic E-state index is 13.0. The predicted octanol–water partition coefficient (Wildman–Crippen LogP) is 0.762. The second-order valence-corrected chi connectivity index (χ2v) is 3.70. The first-order valence-corrected chi connectivity index (χ1v) is 4.95. The van der Waals surface area contributed by atoms with E-state index in [9.17, 15) is 4.39 Å².